The van der Waals surface area contributed by atoms with E-state index in [-0.39, 0.29) is 0 Å². The highest BCUT2D eigenvalue weighted by molar-refractivity contribution is 6.18. The minimum atomic E-state index is 0.338. The van der Waals surface area contributed by atoms with Gasteiger partial charge in [-0.15, -0.1) is 18.2 Å². The lowest BCUT2D eigenvalue weighted by molar-refractivity contribution is 0.0840. The van der Waals surface area contributed by atoms with Crippen molar-refractivity contribution >= 4 is 11.6 Å². The second-order valence-electron chi connectivity index (χ2n) is 5.29. The normalized spacial score (nSPS) is 38.3. The average Bonchev–Trinajstić information content (AvgIpc) is 2.12. The minimum Gasteiger partial charge on any atom is -0.126 e. The molecule has 0 N–H and O–H groups in total. The Labute approximate surface area is 93.7 Å². The molecule has 0 radical (unpaired) electrons. The molecule has 3 atom stereocenters. The van der Waals surface area contributed by atoms with Crippen LogP contribution in [-0.4, -0.2) is 5.88 Å². The Morgan fingerprint density at radius 2 is 2.14 bits per heavy atom. The predicted octanol–water partition coefficient (Wildman–Crippen LogP) is 4.63. The van der Waals surface area contributed by atoms with Gasteiger partial charge >= 0.3 is 0 Å². The quantitative estimate of drug-likeness (QED) is 0.475. The van der Waals surface area contributed by atoms with Crippen molar-refractivity contribution in [1.29, 1.82) is 0 Å². The van der Waals surface area contributed by atoms with E-state index in [0.717, 1.165) is 24.1 Å². The van der Waals surface area contributed by atoms with Crippen LogP contribution in [-0.2, 0) is 0 Å². The maximum absolute atomic E-state index is 6.20. The Balaban J connectivity index is 2.79. The summed E-state index contributed by atoms with van der Waals surface area (Å²) in [4.78, 5) is 0. The molecule has 1 saturated carbocycles. The van der Waals surface area contributed by atoms with Crippen molar-refractivity contribution in [3.05, 3.63) is 12.2 Å². The van der Waals surface area contributed by atoms with Crippen molar-refractivity contribution in [1.82, 2.24) is 0 Å². The molecule has 1 rings (SSSR count). The molecule has 14 heavy (non-hydrogen) atoms. The van der Waals surface area contributed by atoms with Crippen molar-refractivity contribution in [2.24, 2.45) is 17.3 Å². The molecule has 0 bridgehead atoms. The summed E-state index contributed by atoms with van der Waals surface area (Å²) in [6.07, 6.45) is 5.11. The summed E-state index contributed by atoms with van der Waals surface area (Å²) in [6, 6.07) is 0. The van der Waals surface area contributed by atoms with Crippen molar-refractivity contribution in [2.45, 2.75) is 46.5 Å². The van der Waals surface area contributed by atoms with E-state index >= 15 is 0 Å². The topological polar surface area (TPSA) is 0 Å². The Kier molecular flexibility index (Phi) is 4.06. The molecule has 1 aliphatic rings. The lowest BCUT2D eigenvalue weighted by Gasteiger charge is -2.45. The van der Waals surface area contributed by atoms with Gasteiger partial charge in [-0.25, -0.2) is 0 Å². The van der Waals surface area contributed by atoms with Crippen LogP contribution in [0.1, 0.15) is 46.5 Å². The molecule has 0 spiro atoms. The fourth-order valence-corrected chi connectivity index (χ4v) is 3.41. The summed E-state index contributed by atoms with van der Waals surface area (Å²) in [7, 11) is 0. The first kappa shape index (κ1) is 12.1. The third-order valence-corrected chi connectivity index (χ3v) is 4.61. The largest absolute Gasteiger partial charge is 0.126 e. The lowest BCUT2D eigenvalue weighted by atomic mass is 9.61. The zero-order valence-electron chi connectivity index (χ0n) is 9.78. The van der Waals surface area contributed by atoms with Gasteiger partial charge in [-0.05, 0) is 37.0 Å². The van der Waals surface area contributed by atoms with Gasteiger partial charge in [0.15, 0.2) is 0 Å². The standard InChI is InChI=1S/C13H23Cl/c1-10(2)8-13(9-14)7-5-6-11(3)12(13)4/h11-12H,1,5-9H2,2-4H3/t11-,12-,13?/m1/s1. The fraction of sp³-hybridized carbons (Fsp3) is 0.846. The van der Waals surface area contributed by atoms with Crippen LogP contribution in [0.5, 0.6) is 0 Å². The van der Waals surface area contributed by atoms with E-state index in [4.69, 9.17) is 11.6 Å². The van der Waals surface area contributed by atoms with Crippen molar-refractivity contribution < 1.29 is 0 Å². The SMILES string of the molecule is C=C(C)CC1(CCl)CCC[C@@H](C)[C@H]1C. The highest BCUT2D eigenvalue weighted by atomic mass is 35.5. The van der Waals surface area contributed by atoms with Crippen molar-refractivity contribution in [3.8, 4) is 0 Å². The zero-order chi connectivity index (χ0) is 10.8. The van der Waals surface area contributed by atoms with Crippen LogP contribution in [0.3, 0.4) is 0 Å². The van der Waals surface area contributed by atoms with Crippen LogP contribution >= 0.6 is 11.6 Å². The Bertz CT molecular complexity index is 209. The molecule has 0 heterocycles. The first-order chi connectivity index (χ1) is 6.52. The van der Waals surface area contributed by atoms with Gasteiger partial charge < -0.3 is 0 Å². The van der Waals surface area contributed by atoms with Crippen molar-refractivity contribution in [3.63, 3.8) is 0 Å². The van der Waals surface area contributed by atoms with Crippen LogP contribution in [0.4, 0.5) is 0 Å². The number of halogens is 1. The van der Waals surface area contributed by atoms with Gasteiger partial charge in [0.1, 0.15) is 0 Å². The van der Waals surface area contributed by atoms with Gasteiger partial charge in [0.25, 0.3) is 0 Å². The van der Waals surface area contributed by atoms with E-state index in [0.29, 0.717) is 5.41 Å². The van der Waals surface area contributed by atoms with E-state index in [9.17, 15) is 0 Å². The molecule has 82 valence electrons. The number of rotatable bonds is 3. The smallest absolute Gasteiger partial charge is 0.0285 e. The first-order valence-electron chi connectivity index (χ1n) is 5.72. The number of allylic oxidation sites excluding steroid dienone is 1. The molecular formula is C13H23Cl. The van der Waals surface area contributed by atoms with E-state index in [1.54, 1.807) is 0 Å². The number of alkyl halides is 1. The van der Waals surface area contributed by atoms with Crippen molar-refractivity contribution in [2.75, 3.05) is 5.88 Å². The molecule has 1 fully saturated rings. The van der Waals surface area contributed by atoms with Crippen LogP contribution in [0.15, 0.2) is 12.2 Å². The van der Waals surface area contributed by atoms with E-state index in [1.807, 2.05) is 0 Å². The maximum atomic E-state index is 6.20. The van der Waals surface area contributed by atoms with Gasteiger partial charge in [0.2, 0.25) is 0 Å². The van der Waals surface area contributed by atoms with E-state index in [1.165, 1.54) is 24.8 Å². The molecule has 0 aliphatic heterocycles. The van der Waals surface area contributed by atoms with Gasteiger partial charge in [0.05, 0.1) is 0 Å². The minimum absolute atomic E-state index is 0.338. The Hall–Kier alpha value is 0.0300. The van der Waals surface area contributed by atoms with Crippen LogP contribution < -0.4 is 0 Å². The average molecular weight is 215 g/mol. The maximum Gasteiger partial charge on any atom is 0.0285 e. The second-order valence-corrected chi connectivity index (χ2v) is 5.56. The molecule has 1 heteroatoms. The summed E-state index contributed by atoms with van der Waals surface area (Å²) in [5.74, 6) is 2.36. The monoisotopic (exact) mass is 214 g/mol. The summed E-state index contributed by atoms with van der Waals surface area (Å²) < 4.78 is 0. The molecule has 0 aromatic rings. The molecule has 1 aliphatic carbocycles. The van der Waals surface area contributed by atoms with Gasteiger partial charge in [-0.3, -0.25) is 0 Å². The molecule has 0 saturated heterocycles. The van der Waals surface area contributed by atoms with Crippen LogP contribution in [0, 0.1) is 17.3 Å². The Morgan fingerprint density at radius 3 is 2.64 bits per heavy atom. The molecule has 0 amide bonds. The molecule has 0 aromatic carbocycles. The summed E-state index contributed by atoms with van der Waals surface area (Å²) in [5.41, 5.74) is 1.62. The lowest BCUT2D eigenvalue weighted by Crippen LogP contribution is -2.38. The van der Waals surface area contributed by atoms with Gasteiger partial charge in [-0.1, -0.05) is 32.3 Å². The number of hydrogen-bond acceptors (Lipinski definition) is 0. The van der Waals surface area contributed by atoms with E-state index < -0.39 is 0 Å². The van der Waals surface area contributed by atoms with Crippen LogP contribution in [0.2, 0.25) is 0 Å². The third kappa shape index (κ3) is 2.34. The second kappa shape index (κ2) is 4.70. The first-order valence-corrected chi connectivity index (χ1v) is 6.25. The van der Waals surface area contributed by atoms with Gasteiger partial charge in [-0.2, -0.15) is 0 Å². The highest BCUT2D eigenvalue weighted by Gasteiger charge is 2.40. The van der Waals surface area contributed by atoms with Gasteiger partial charge in [0, 0.05) is 5.88 Å². The van der Waals surface area contributed by atoms with Crippen LogP contribution in [0.25, 0.3) is 0 Å². The molecular weight excluding hydrogens is 192 g/mol. The fourth-order valence-electron chi connectivity index (χ4n) is 2.94. The third-order valence-electron chi connectivity index (χ3n) is 4.07. The Morgan fingerprint density at radius 1 is 1.50 bits per heavy atom. The zero-order valence-corrected chi connectivity index (χ0v) is 10.5. The van der Waals surface area contributed by atoms with E-state index in [2.05, 4.69) is 27.4 Å². The molecule has 0 aromatic heterocycles. The highest BCUT2D eigenvalue weighted by Crippen LogP contribution is 2.48. The summed E-state index contributed by atoms with van der Waals surface area (Å²) in [5, 5.41) is 0. The summed E-state index contributed by atoms with van der Waals surface area (Å²) >= 11 is 6.20. The number of hydrogen-bond donors (Lipinski definition) is 0. The molecule has 0 nitrogen and oxygen atoms in total. The predicted molar refractivity (Wildman–Crippen MR) is 64.8 cm³/mol. The summed E-state index contributed by atoms with van der Waals surface area (Å²) in [6.45, 7) is 10.9. The molecule has 1 unspecified atom stereocenters.